The summed E-state index contributed by atoms with van der Waals surface area (Å²) in [4.78, 5) is 27.6. The number of fused-ring (bicyclic) bond motifs is 1. The summed E-state index contributed by atoms with van der Waals surface area (Å²) in [6.07, 6.45) is 1.53. The lowest BCUT2D eigenvalue weighted by Gasteiger charge is -2.03. The Balaban J connectivity index is 1.66. The summed E-state index contributed by atoms with van der Waals surface area (Å²) in [5, 5.41) is 20.0. The average Bonchev–Trinajstić information content (AvgIpc) is 3.30. The first kappa shape index (κ1) is 19.7. The molecule has 0 fully saturated rings. The molecule has 0 atom stereocenters. The number of rotatable bonds is 9. The van der Waals surface area contributed by atoms with Gasteiger partial charge in [0.2, 0.25) is 0 Å². The summed E-state index contributed by atoms with van der Waals surface area (Å²) in [5.74, 6) is 0.114. The maximum Gasteiger partial charge on any atom is 0.278 e. The topological polar surface area (TPSA) is 122 Å². The lowest BCUT2D eigenvalue weighted by molar-refractivity contribution is 0.0851. The molecular weight excluding hydrogens is 362 g/mol. The monoisotopic (exact) mass is 385 g/mol. The third-order valence-corrected chi connectivity index (χ3v) is 4.15. The van der Waals surface area contributed by atoms with E-state index in [1.807, 2.05) is 26.0 Å². The number of benzene rings is 1. The van der Waals surface area contributed by atoms with Gasteiger partial charge >= 0.3 is 0 Å². The molecule has 28 heavy (non-hydrogen) atoms. The number of carbonyl (C=O) groups is 2. The van der Waals surface area contributed by atoms with E-state index in [1.165, 1.54) is 10.9 Å². The van der Waals surface area contributed by atoms with Gasteiger partial charge in [0.25, 0.3) is 5.91 Å². The first-order valence-electron chi connectivity index (χ1n) is 9.05. The number of Topliss-reactive ketones (excluding diaryl/α,β-unsaturated/α-hetero) is 1. The number of amides is 1. The second-order valence-electron chi connectivity index (χ2n) is 6.66. The van der Waals surface area contributed by atoms with E-state index in [1.54, 1.807) is 12.1 Å². The van der Waals surface area contributed by atoms with Gasteiger partial charge in [-0.25, -0.2) is 4.68 Å². The maximum absolute atomic E-state index is 12.4. The van der Waals surface area contributed by atoms with E-state index in [9.17, 15) is 9.59 Å². The van der Waals surface area contributed by atoms with Crippen molar-refractivity contribution in [2.45, 2.75) is 20.4 Å². The predicted octanol–water partition coefficient (Wildman–Crippen LogP) is 1.86. The number of anilines is 1. The van der Waals surface area contributed by atoms with Crippen molar-refractivity contribution in [2.24, 2.45) is 5.92 Å². The number of nitrogens with one attached hydrogen (secondary N) is 2. The van der Waals surface area contributed by atoms with E-state index in [-0.39, 0.29) is 30.6 Å². The van der Waals surface area contributed by atoms with Crippen molar-refractivity contribution in [3.8, 4) is 0 Å². The Morgan fingerprint density at radius 2 is 2.11 bits per heavy atom. The van der Waals surface area contributed by atoms with Gasteiger partial charge in [0, 0.05) is 22.4 Å². The molecular formula is C19H23N5O4. The molecule has 0 spiro atoms. The van der Waals surface area contributed by atoms with Crippen molar-refractivity contribution in [1.29, 1.82) is 0 Å². The van der Waals surface area contributed by atoms with Crippen molar-refractivity contribution in [3.63, 3.8) is 0 Å². The van der Waals surface area contributed by atoms with E-state index in [0.29, 0.717) is 24.5 Å². The van der Waals surface area contributed by atoms with Crippen LogP contribution in [0.4, 0.5) is 5.82 Å². The molecule has 1 amide bonds. The molecule has 3 aromatic rings. The van der Waals surface area contributed by atoms with Crippen LogP contribution in [0, 0.1) is 5.92 Å². The molecule has 9 nitrogen and oxygen atoms in total. The van der Waals surface area contributed by atoms with E-state index < -0.39 is 5.91 Å². The molecule has 2 heterocycles. The molecule has 0 radical (unpaired) electrons. The van der Waals surface area contributed by atoms with Gasteiger partial charge in [0.1, 0.15) is 5.82 Å². The molecule has 3 rings (SSSR count). The molecule has 0 saturated heterocycles. The van der Waals surface area contributed by atoms with E-state index in [0.717, 1.165) is 10.9 Å². The van der Waals surface area contributed by atoms with E-state index >= 15 is 0 Å². The molecule has 3 N–H and O–H groups in total. The van der Waals surface area contributed by atoms with E-state index in [4.69, 9.17) is 9.84 Å². The Labute approximate surface area is 161 Å². The zero-order chi connectivity index (χ0) is 20.1. The first-order chi connectivity index (χ1) is 13.5. The summed E-state index contributed by atoms with van der Waals surface area (Å²) in [6, 6.07) is 7.18. The summed E-state index contributed by atoms with van der Waals surface area (Å²) in [6.45, 7) is 4.74. The van der Waals surface area contributed by atoms with Crippen LogP contribution in [-0.2, 0) is 11.3 Å². The number of aromatic amines is 1. The zero-order valence-electron chi connectivity index (χ0n) is 15.8. The van der Waals surface area contributed by atoms with Crippen LogP contribution in [0.3, 0.4) is 0 Å². The third kappa shape index (κ3) is 4.62. The molecule has 0 aliphatic carbocycles. The van der Waals surface area contributed by atoms with Gasteiger partial charge in [0.15, 0.2) is 11.5 Å². The Morgan fingerprint density at radius 3 is 2.86 bits per heavy atom. The Hall–Kier alpha value is -3.04. The van der Waals surface area contributed by atoms with Crippen LogP contribution < -0.4 is 5.32 Å². The minimum Gasteiger partial charge on any atom is -0.394 e. The summed E-state index contributed by atoms with van der Waals surface area (Å²) in [5.41, 5.74) is 1.64. The standard InChI is InChI=1S/C19H23N5O4/c1-12(2)18(26)13-3-4-15-14(9-13)10-17(20-15)21-19(27)16-11-24(23-22-16)5-7-28-8-6-25/h3-4,9-12,20,25H,5-8H2,1-2H3,(H,21,27). The fourth-order valence-corrected chi connectivity index (χ4v) is 2.71. The van der Waals surface area contributed by atoms with Gasteiger partial charge in [-0.2, -0.15) is 0 Å². The largest absolute Gasteiger partial charge is 0.394 e. The van der Waals surface area contributed by atoms with Crippen LogP contribution >= 0.6 is 0 Å². The fraction of sp³-hybridized carbons (Fsp3) is 0.368. The SMILES string of the molecule is CC(C)C(=O)c1ccc2[nH]c(NC(=O)c3cn(CCOCCO)nn3)cc2c1. The van der Waals surface area contributed by atoms with Crippen molar-refractivity contribution < 1.29 is 19.4 Å². The highest BCUT2D eigenvalue weighted by atomic mass is 16.5. The van der Waals surface area contributed by atoms with Crippen LogP contribution in [-0.4, -0.2) is 56.6 Å². The number of nitrogens with zero attached hydrogens (tertiary/aromatic N) is 3. The highest BCUT2D eigenvalue weighted by Crippen LogP contribution is 2.22. The summed E-state index contributed by atoms with van der Waals surface area (Å²) < 4.78 is 6.66. The number of ketones is 1. The summed E-state index contributed by atoms with van der Waals surface area (Å²) >= 11 is 0. The van der Waals surface area contributed by atoms with Crippen molar-refractivity contribution in [3.05, 3.63) is 41.7 Å². The van der Waals surface area contributed by atoms with Gasteiger partial charge in [-0.15, -0.1) is 5.10 Å². The molecule has 148 valence electrons. The fourth-order valence-electron chi connectivity index (χ4n) is 2.71. The smallest absolute Gasteiger partial charge is 0.278 e. The number of hydrogen-bond acceptors (Lipinski definition) is 6. The van der Waals surface area contributed by atoms with Gasteiger partial charge in [0.05, 0.1) is 32.6 Å². The van der Waals surface area contributed by atoms with Gasteiger partial charge < -0.3 is 20.1 Å². The highest BCUT2D eigenvalue weighted by molar-refractivity contribution is 6.04. The number of carbonyl (C=O) groups excluding carboxylic acids is 2. The van der Waals surface area contributed by atoms with Gasteiger partial charge in [-0.1, -0.05) is 19.1 Å². The normalized spacial score (nSPS) is 11.3. The molecule has 0 bridgehead atoms. The van der Waals surface area contributed by atoms with Gasteiger partial charge in [-0.05, 0) is 24.3 Å². The Bertz CT molecular complexity index is 976. The number of aliphatic hydroxyl groups excluding tert-OH is 1. The Morgan fingerprint density at radius 1 is 1.29 bits per heavy atom. The number of aliphatic hydroxyl groups is 1. The highest BCUT2D eigenvalue weighted by Gasteiger charge is 2.14. The second kappa shape index (κ2) is 8.77. The number of ether oxygens (including phenoxy) is 1. The van der Waals surface area contributed by atoms with Crippen molar-refractivity contribution in [1.82, 2.24) is 20.0 Å². The van der Waals surface area contributed by atoms with Gasteiger partial charge in [-0.3, -0.25) is 9.59 Å². The zero-order valence-corrected chi connectivity index (χ0v) is 15.8. The lowest BCUT2D eigenvalue weighted by atomic mass is 10.0. The molecule has 1 aromatic carbocycles. The van der Waals surface area contributed by atoms with Crippen LogP contribution in [0.25, 0.3) is 10.9 Å². The number of hydrogen-bond donors (Lipinski definition) is 3. The predicted molar refractivity (Wildman–Crippen MR) is 103 cm³/mol. The quantitative estimate of drug-likeness (QED) is 0.382. The number of aromatic nitrogens is 4. The number of H-pyrrole nitrogens is 1. The molecule has 0 aliphatic rings. The van der Waals surface area contributed by atoms with Crippen LogP contribution in [0.5, 0.6) is 0 Å². The molecule has 9 heteroatoms. The van der Waals surface area contributed by atoms with Crippen molar-refractivity contribution >= 4 is 28.4 Å². The maximum atomic E-state index is 12.4. The summed E-state index contributed by atoms with van der Waals surface area (Å²) in [7, 11) is 0. The molecule has 0 unspecified atom stereocenters. The Kier molecular flexibility index (Phi) is 6.17. The first-order valence-corrected chi connectivity index (χ1v) is 9.05. The second-order valence-corrected chi connectivity index (χ2v) is 6.66. The molecule has 2 aromatic heterocycles. The minimum absolute atomic E-state index is 0.0391. The molecule has 0 saturated carbocycles. The minimum atomic E-state index is -0.396. The van der Waals surface area contributed by atoms with Crippen LogP contribution in [0.15, 0.2) is 30.5 Å². The van der Waals surface area contributed by atoms with Crippen molar-refractivity contribution in [2.75, 3.05) is 25.1 Å². The third-order valence-electron chi connectivity index (χ3n) is 4.15. The van der Waals surface area contributed by atoms with Crippen LogP contribution in [0.2, 0.25) is 0 Å². The van der Waals surface area contributed by atoms with Crippen LogP contribution in [0.1, 0.15) is 34.7 Å². The molecule has 0 aliphatic heterocycles. The van der Waals surface area contributed by atoms with E-state index in [2.05, 4.69) is 20.6 Å². The average molecular weight is 385 g/mol. The lowest BCUT2D eigenvalue weighted by Crippen LogP contribution is -2.12.